The molecule has 0 saturated heterocycles. The van der Waals surface area contributed by atoms with E-state index in [0.29, 0.717) is 5.95 Å². The van der Waals surface area contributed by atoms with Crippen LogP contribution in [-0.4, -0.2) is 12.2 Å². The summed E-state index contributed by atoms with van der Waals surface area (Å²) in [6, 6.07) is 0. The Balaban J connectivity index is 3.59. The summed E-state index contributed by atoms with van der Waals surface area (Å²) in [5, 5.41) is 0. The second kappa shape index (κ2) is 5.92. The van der Waals surface area contributed by atoms with Gasteiger partial charge < -0.3 is 9.47 Å². The summed E-state index contributed by atoms with van der Waals surface area (Å²) in [6.45, 7) is 11.8. The summed E-state index contributed by atoms with van der Waals surface area (Å²) >= 11 is 0. The molecule has 0 bridgehead atoms. The van der Waals surface area contributed by atoms with Gasteiger partial charge in [-0.3, -0.25) is 0 Å². The predicted octanol–water partition coefficient (Wildman–Crippen LogP) is 3.09. The van der Waals surface area contributed by atoms with Gasteiger partial charge in [0.2, 0.25) is 0 Å². The van der Waals surface area contributed by atoms with Gasteiger partial charge in [-0.05, 0) is 33.3 Å². The molecule has 0 aromatic carbocycles. The molecule has 0 aromatic heterocycles. The molecule has 0 aliphatic rings. The summed E-state index contributed by atoms with van der Waals surface area (Å²) in [7, 11) is 0. The van der Waals surface area contributed by atoms with Crippen LogP contribution in [0.2, 0.25) is 0 Å². The van der Waals surface area contributed by atoms with Gasteiger partial charge in [0, 0.05) is 0 Å². The molecule has 0 amide bonds. The topological polar surface area (TPSA) is 18.5 Å². The molecule has 0 fully saturated rings. The highest BCUT2D eigenvalue weighted by atomic mass is 16.7. The van der Waals surface area contributed by atoms with Crippen LogP contribution in [0.25, 0.3) is 0 Å². The third kappa shape index (κ3) is 5.05. The Morgan fingerprint density at radius 2 is 1.42 bits per heavy atom. The van der Waals surface area contributed by atoms with Crippen molar-refractivity contribution in [1.29, 1.82) is 0 Å². The van der Waals surface area contributed by atoms with E-state index in [4.69, 9.17) is 9.47 Å². The third-order valence-electron chi connectivity index (χ3n) is 1.82. The zero-order chi connectivity index (χ0) is 9.56. The van der Waals surface area contributed by atoms with E-state index in [-0.39, 0.29) is 12.2 Å². The molecule has 0 rings (SSSR count). The van der Waals surface area contributed by atoms with Gasteiger partial charge in [-0.15, -0.1) is 0 Å². The first-order chi connectivity index (χ1) is 5.60. The van der Waals surface area contributed by atoms with E-state index in [0.717, 1.165) is 12.8 Å². The van der Waals surface area contributed by atoms with Crippen LogP contribution in [0, 0.1) is 0 Å². The minimum absolute atomic E-state index is 0.196. The van der Waals surface area contributed by atoms with E-state index in [1.165, 1.54) is 0 Å². The molecule has 0 N–H and O–H groups in total. The van der Waals surface area contributed by atoms with E-state index in [9.17, 15) is 0 Å². The van der Waals surface area contributed by atoms with Gasteiger partial charge >= 0.3 is 0 Å². The van der Waals surface area contributed by atoms with Crippen molar-refractivity contribution < 1.29 is 9.47 Å². The molecule has 2 heteroatoms. The lowest BCUT2D eigenvalue weighted by Crippen LogP contribution is -2.12. The Hall–Kier alpha value is -0.660. The maximum Gasteiger partial charge on any atom is 0.272 e. The van der Waals surface area contributed by atoms with Crippen molar-refractivity contribution in [3.8, 4) is 0 Å². The average molecular weight is 172 g/mol. The van der Waals surface area contributed by atoms with Crippen LogP contribution >= 0.6 is 0 Å². The molecule has 12 heavy (non-hydrogen) atoms. The van der Waals surface area contributed by atoms with E-state index in [2.05, 4.69) is 20.4 Å². The fourth-order valence-corrected chi connectivity index (χ4v) is 0.643. The summed E-state index contributed by atoms with van der Waals surface area (Å²) < 4.78 is 10.7. The zero-order valence-corrected chi connectivity index (χ0v) is 8.59. The molecule has 72 valence electrons. The molecule has 2 unspecified atom stereocenters. The fraction of sp³-hybridized carbons (Fsp3) is 0.800. The minimum atomic E-state index is 0.196. The van der Waals surface area contributed by atoms with Crippen LogP contribution in [0.1, 0.15) is 40.5 Å². The van der Waals surface area contributed by atoms with Gasteiger partial charge in [0.1, 0.15) is 0 Å². The van der Waals surface area contributed by atoms with E-state index in [1.807, 2.05) is 13.8 Å². The number of hydrogen-bond acceptors (Lipinski definition) is 2. The number of ether oxygens (including phenoxy) is 2. The molecule has 0 radical (unpaired) electrons. The SMILES string of the molecule is C=C(OC(C)CC)OC(C)CC. The smallest absolute Gasteiger partial charge is 0.272 e. The first kappa shape index (κ1) is 11.3. The van der Waals surface area contributed by atoms with Crippen molar-refractivity contribution in [2.24, 2.45) is 0 Å². The number of hydrogen-bond donors (Lipinski definition) is 0. The molecule has 0 saturated carbocycles. The van der Waals surface area contributed by atoms with Crippen molar-refractivity contribution in [2.45, 2.75) is 52.7 Å². The molecule has 2 atom stereocenters. The van der Waals surface area contributed by atoms with Gasteiger partial charge in [-0.25, -0.2) is 0 Å². The molecular weight excluding hydrogens is 152 g/mol. The summed E-state index contributed by atoms with van der Waals surface area (Å²) in [5.41, 5.74) is 0. The molecule has 0 aliphatic heterocycles. The van der Waals surface area contributed by atoms with Crippen molar-refractivity contribution >= 4 is 0 Å². The van der Waals surface area contributed by atoms with Crippen LogP contribution in [0.3, 0.4) is 0 Å². The zero-order valence-electron chi connectivity index (χ0n) is 8.59. The van der Waals surface area contributed by atoms with Crippen LogP contribution in [0.5, 0.6) is 0 Å². The lowest BCUT2D eigenvalue weighted by atomic mass is 10.3. The quantitative estimate of drug-likeness (QED) is 0.573. The van der Waals surface area contributed by atoms with Gasteiger partial charge in [-0.2, -0.15) is 0 Å². The highest BCUT2D eigenvalue weighted by Gasteiger charge is 2.05. The van der Waals surface area contributed by atoms with Crippen molar-refractivity contribution in [3.05, 3.63) is 12.5 Å². The molecule has 0 aliphatic carbocycles. The standard InChI is InChI=1S/C10H20O2/c1-6-8(3)11-10(5)12-9(4)7-2/h8-9H,5-7H2,1-4H3. The maximum absolute atomic E-state index is 5.36. The summed E-state index contributed by atoms with van der Waals surface area (Å²) in [4.78, 5) is 0. The monoisotopic (exact) mass is 172 g/mol. The molecular formula is C10H20O2. The van der Waals surface area contributed by atoms with Crippen molar-refractivity contribution in [3.63, 3.8) is 0 Å². The first-order valence-electron chi connectivity index (χ1n) is 4.62. The molecule has 0 aromatic rings. The number of rotatable bonds is 6. The maximum atomic E-state index is 5.36. The molecule has 0 heterocycles. The molecule has 2 nitrogen and oxygen atoms in total. The Labute approximate surface area is 75.6 Å². The second-order valence-electron chi connectivity index (χ2n) is 3.05. The second-order valence-corrected chi connectivity index (χ2v) is 3.05. The average Bonchev–Trinajstić information content (AvgIpc) is 2.03. The van der Waals surface area contributed by atoms with E-state index < -0.39 is 0 Å². The largest absolute Gasteiger partial charge is 0.463 e. The molecule has 0 spiro atoms. The summed E-state index contributed by atoms with van der Waals surface area (Å²) in [5.74, 6) is 0.443. The summed E-state index contributed by atoms with van der Waals surface area (Å²) in [6.07, 6.45) is 2.34. The fourth-order valence-electron chi connectivity index (χ4n) is 0.643. The van der Waals surface area contributed by atoms with Crippen molar-refractivity contribution in [1.82, 2.24) is 0 Å². The Kier molecular flexibility index (Phi) is 5.60. The highest BCUT2D eigenvalue weighted by Crippen LogP contribution is 2.09. The van der Waals surface area contributed by atoms with Gasteiger partial charge in [0.05, 0.1) is 12.2 Å². The Bertz CT molecular complexity index is 118. The van der Waals surface area contributed by atoms with Crippen molar-refractivity contribution in [2.75, 3.05) is 0 Å². The van der Waals surface area contributed by atoms with E-state index in [1.54, 1.807) is 0 Å². The highest BCUT2D eigenvalue weighted by molar-refractivity contribution is 4.71. The lowest BCUT2D eigenvalue weighted by Gasteiger charge is -2.18. The predicted molar refractivity (Wildman–Crippen MR) is 50.8 cm³/mol. The minimum Gasteiger partial charge on any atom is -0.463 e. The van der Waals surface area contributed by atoms with Crippen LogP contribution in [0.4, 0.5) is 0 Å². The van der Waals surface area contributed by atoms with E-state index >= 15 is 0 Å². The van der Waals surface area contributed by atoms with Gasteiger partial charge in [0.15, 0.2) is 0 Å². The normalized spacial score (nSPS) is 15.0. The third-order valence-corrected chi connectivity index (χ3v) is 1.82. The Morgan fingerprint density at radius 1 is 1.08 bits per heavy atom. The van der Waals surface area contributed by atoms with Gasteiger partial charge in [-0.1, -0.05) is 13.8 Å². The first-order valence-corrected chi connectivity index (χ1v) is 4.62. The Morgan fingerprint density at radius 3 is 1.67 bits per heavy atom. The van der Waals surface area contributed by atoms with Crippen LogP contribution in [-0.2, 0) is 9.47 Å². The van der Waals surface area contributed by atoms with Crippen LogP contribution in [0.15, 0.2) is 12.5 Å². The van der Waals surface area contributed by atoms with Crippen LogP contribution < -0.4 is 0 Å². The lowest BCUT2D eigenvalue weighted by molar-refractivity contribution is -0.0285. The van der Waals surface area contributed by atoms with Gasteiger partial charge in [0.25, 0.3) is 5.95 Å².